The first-order chi connectivity index (χ1) is 12.8. The summed E-state index contributed by atoms with van der Waals surface area (Å²) in [5.41, 5.74) is 4.80. The molecule has 1 unspecified atom stereocenters. The summed E-state index contributed by atoms with van der Waals surface area (Å²) in [5.74, 6) is 1.09. The van der Waals surface area contributed by atoms with E-state index in [0.717, 1.165) is 12.2 Å². The summed E-state index contributed by atoms with van der Waals surface area (Å²) in [5, 5.41) is 0. The van der Waals surface area contributed by atoms with Crippen LogP contribution >= 0.6 is 0 Å². The van der Waals surface area contributed by atoms with E-state index in [1.54, 1.807) is 0 Å². The molecule has 2 aromatic carbocycles. The van der Waals surface area contributed by atoms with Crippen LogP contribution in [0.15, 0.2) is 48.5 Å². The molecule has 0 radical (unpaired) electrons. The number of likely N-dealkylation sites (tertiary alicyclic amines) is 1. The van der Waals surface area contributed by atoms with E-state index in [9.17, 15) is 0 Å². The smallest absolute Gasteiger partial charge is 0.122 e. The van der Waals surface area contributed by atoms with Crippen LogP contribution in [0.2, 0.25) is 0 Å². The predicted octanol–water partition coefficient (Wildman–Crippen LogP) is 5.04. The first kappa shape index (κ1) is 17.6. The molecule has 1 fully saturated rings. The molecule has 0 amide bonds. The maximum atomic E-state index is 5.70. The molecule has 1 heterocycles. The van der Waals surface area contributed by atoms with Gasteiger partial charge in [0.2, 0.25) is 0 Å². The number of aryl methyl sites for hydroxylation is 2. The largest absolute Gasteiger partial charge is 0.496 e. The second-order valence-corrected chi connectivity index (χ2v) is 8.03. The van der Waals surface area contributed by atoms with Crippen LogP contribution in [0.5, 0.6) is 5.75 Å². The van der Waals surface area contributed by atoms with E-state index < -0.39 is 0 Å². The second kappa shape index (κ2) is 7.84. The summed E-state index contributed by atoms with van der Waals surface area (Å²) in [7, 11) is 1.81. The van der Waals surface area contributed by atoms with Gasteiger partial charge in [-0.1, -0.05) is 48.9 Å². The molecular formula is C24H31NO. The molecule has 0 saturated carbocycles. The Labute approximate surface area is 158 Å². The lowest BCUT2D eigenvalue weighted by molar-refractivity contribution is 0.0325. The lowest BCUT2D eigenvalue weighted by atomic mass is 9.72. The third-order valence-electron chi connectivity index (χ3n) is 6.54. The summed E-state index contributed by atoms with van der Waals surface area (Å²) in [6, 6.07) is 17.5. The van der Waals surface area contributed by atoms with Gasteiger partial charge in [0.1, 0.15) is 5.75 Å². The van der Waals surface area contributed by atoms with E-state index in [2.05, 4.69) is 53.4 Å². The number of hydrogen-bond donors (Lipinski definition) is 0. The fourth-order valence-electron chi connectivity index (χ4n) is 5.12. The van der Waals surface area contributed by atoms with E-state index in [4.69, 9.17) is 4.74 Å². The van der Waals surface area contributed by atoms with Gasteiger partial charge in [-0.3, -0.25) is 4.90 Å². The van der Waals surface area contributed by atoms with E-state index in [1.165, 1.54) is 74.7 Å². The SMILES string of the molecule is COc1cccc2c1CC1(CCCCN1CCCc1ccccc1)CC2. The fourth-order valence-corrected chi connectivity index (χ4v) is 5.12. The molecular weight excluding hydrogens is 318 g/mol. The summed E-state index contributed by atoms with van der Waals surface area (Å²) in [6.07, 6.45) is 10.2. The average molecular weight is 350 g/mol. The van der Waals surface area contributed by atoms with E-state index in [-0.39, 0.29) is 0 Å². The Balaban J connectivity index is 1.48. The number of hydrogen-bond acceptors (Lipinski definition) is 2. The van der Waals surface area contributed by atoms with Crippen molar-refractivity contribution in [3.8, 4) is 5.75 Å². The summed E-state index contributed by atoms with van der Waals surface area (Å²) in [4.78, 5) is 2.83. The van der Waals surface area contributed by atoms with Crippen molar-refractivity contribution in [2.75, 3.05) is 20.2 Å². The van der Waals surface area contributed by atoms with Gasteiger partial charge in [-0.05, 0) is 80.8 Å². The maximum absolute atomic E-state index is 5.70. The van der Waals surface area contributed by atoms with E-state index >= 15 is 0 Å². The maximum Gasteiger partial charge on any atom is 0.122 e. The zero-order chi connectivity index (χ0) is 17.8. The minimum absolute atomic E-state index is 0.358. The van der Waals surface area contributed by atoms with Crippen LogP contribution in [-0.4, -0.2) is 30.6 Å². The van der Waals surface area contributed by atoms with Gasteiger partial charge in [0, 0.05) is 5.54 Å². The van der Waals surface area contributed by atoms with Gasteiger partial charge in [-0.2, -0.15) is 0 Å². The first-order valence-electron chi connectivity index (χ1n) is 10.2. The van der Waals surface area contributed by atoms with Crippen molar-refractivity contribution in [3.05, 3.63) is 65.2 Å². The number of piperidine rings is 1. The molecule has 0 bridgehead atoms. The highest BCUT2D eigenvalue weighted by Gasteiger charge is 2.41. The van der Waals surface area contributed by atoms with Crippen molar-refractivity contribution in [1.29, 1.82) is 0 Å². The fraction of sp³-hybridized carbons (Fsp3) is 0.500. The van der Waals surface area contributed by atoms with E-state index in [0.29, 0.717) is 5.54 Å². The number of benzene rings is 2. The molecule has 2 aromatic rings. The van der Waals surface area contributed by atoms with Crippen molar-refractivity contribution in [2.24, 2.45) is 0 Å². The van der Waals surface area contributed by atoms with Crippen molar-refractivity contribution in [2.45, 2.75) is 56.9 Å². The van der Waals surface area contributed by atoms with E-state index in [1.807, 2.05) is 7.11 Å². The summed E-state index contributed by atoms with van der Waals surface area (Å²) >= 11 is 0. The average Bonchev–Trinajstić information content (AvgIpc) is 2.70. The molecule has 2 nitrogen and oxygen atoms in total. The van der Waals surface area contributed by atoms with Gasteiger partial charge in [0.25, 0.3) is 0 Å². The van der Waals surface area contributed by atoms with Gasteiger partial charge >= 0.3 is 0 Å². The van der Waals surface area contributed by atoms with Crippen molar-refractivity contribution in [3.63, 3.8) is 0 Å². The number of methoxy groups -OCH3 is 1. The van der Waals surface area contributed by atoms with Gasteiger partial charge in [-0.15, -0.1) is 0 Å². The van der Waals surface area contributed by atoms with Gasteiger partial charge < -0.3 is 4.74 Å². The molecule has 2 aliphatic rings. The highest BCUT2D eigenvalue weighted by Crippen LogP contribution is 2.42. The Kier molecular flexibility index (Phi) is 5.31. The lowest BCUT2D eigenvalue weighted by Gasteiger charge is -2.50. The third-order valence-corrected chi connectivity index (χ3v) is 6.54. The highest BCUT2D eigenvalue weighted by atomic mass is 16.5. The van der Waals surface area contributed by atoms with Crippen molar-refractivity contribution < 1.29 is 4.74 Å². The molecule has 0 N–H and O–H groups in total. The van der Waals surface area contributed by atoms with Crippen LogP contribution in [0.3, 0.4) is 0 Å². The zero-order valence-corrected chi connectivity index (χ0v) is 16.0. The lowest BCUT2D eigenvalue weighted by Crippen LogP contribution is -2.55. The quantitative estimate of drug-likeness (QED) is 0.750. The number of nitrogens with zero attached hydrogens (tertiary/aromatic N) is 1. The Morgan fingerprint density at radius 3 is 2.73 bits per heavy atom. The normalized spacial score (nSPS) is 23.0. The number of ether oxygens (including phenoxy) is 1. The van der Waals surface area contributed by atoms with Crippen LogP contribution < -0.4 is 4.74 Å². The van der Waals surface area contributed by atoms with Gasteiger partial charge in [0.05, 0.1) is 7.11 Å². The van der Waals surface area contributed by atoms with Crippen LogP contribution in [0.4, 0.5) is 0 Å². The Morgan fingerprint density at radius 1 is 1.00 bits per heavy atom. The molecule has 1 aliphatic carbocycles. The molecule has 0 aromatic heterocycles. The Morgan fingerprint density at radius 2 is 1.88 bits per heavy atom. The zero-order valence-electron chi connectivity index (χ0n) is 16.0. The molecule has 2 heteroatoms. The Hall–Kier alpha value is -1.80. The van der Waals surface area contributed by atoms with Gasteiger partial charge in [-0.25, -0.2) is 0 Å². The minimum Gasteiger partial charge on any atom is -0.496 e. The highest BCUT2D eigenvalue weighted by molar-refractivity contribution is 5.43. The van der Waals surface area contributed by atoms with Crippen molar-refractivity contribution >= 4 is 0 Å². The molecule has 26 heavy (non-hydrogen) atoms. The number of rotatable bonds is 5. The van der Waals surface area contributed by atoms with Crippen LogP contribution in [0.1, 0.15) is 48.8 Å². The molecule has 1 spiro atoms. The molecule has 138 valence electrons. The summed E-state index contributed by atoms with van der Waals surface area (Å²) in [6.45, 7) is 2.48. The topological polar surface area (TPSA) is 12.5 Å². The standard InChI is InChI=1S/C24H31NO/c1-26-23-13-7-12-21-14-16-24(19-22(21)23)15-5-6-17-25(24)18-8-11-20-9-3-2-4-10-20/h2-4,7,9-10,12-13H,5-6,8,11,14-19H2,1H3. The third kappa shape index (κ3) is 3.53. The molecule has 1 aliphatic heterocycles. The second-order valence-electron chi connectivity index (χ2n) is 8.03. The summed E-state index contributed by atoms with van der Waals surface area (Å²) < 4.78 is 5.70. The minimum atomic E-state index is 0.358. The molecule has 4 rings (SSSR count). The monoisotopic (exact) mass is 349 g/mol. The molecule has 1 atom stereocenters. The predicted molar refractivity (Wildman–Crippen MR) is 108 cm³/mol. The van der Waals surface area contributed by atoms with Crippen molar-refractivity contribution in [1.82, 2.24) is 4.90 Å². The van der Waals surface area contributed by atoms with Crippen LogP contribution in [0.25, 0.3) is 0 Å². The van der Waals surface area contributed by atoms with Crippen LogP contribution in [0, 0.1) is 0 Å². The molecule has 1 saturated heterocycles. The van der Waals surface area contributed by atoms with Gasteiger partial charge in [0.15, 0.2) is 0 Å². The number of fused-ring (bicyclic) bond motifs is 1. The first-order valence-corrected chi connectivity index (χ1v) is 10.2. The Bertz CT molecular complexity index is 712. The van der Waals surface area contributed by atoms with Crippen LogP contribution in [-0.2, 0) is 19.3 Å².